The molecule has 1 aliphatic rings. The van der Waals surface area contributed by atoms with Crippen molar-refractivity contribution in [3.63, 3.8) is 0 Å². The third kappa shape index (κ3) is 6.04. The number of ether oxygens (including phenoxy) is 1. The maximum absolute atomic E-state index is 6.35. The lowest BCUT2D eigenvalue weighted by molar-refractivity contribution is -0.0370. The van der Waals surface area contributed by atoms with Gasteiger partial charge in [0.15, 0.2) is 0 Å². The Bertz CT molecular complexity index is 373. The predicted molar refractivity (Wildman–Crippen MR) is 90.1 cm³/mol. The van der Waals surface area contributed by atoms with Crippen LogP contribution in [-0.2, 0) is 4.74 Å². The molecule has 0 aromatic carbocycles. The fourth-order valence-electron chi connectivity index (χ4n) is 1.98. The molecule has 0 aliphatic carbocycles. The van der Waals surface area contributed by atoms with Gasteiger partial charge in [-0.3, -0.25) is 0 Å². The summed E-state index contributed by atoms with van der Waals surface area (Å²) < 4.78 is 7.30. The SMILES string of the molecule is C#C/C=C\C[C@@H]1O[C@H](C/C=C(/Br)CC)[C@H](Br)C[C@@H]1Cl. The van der Waals surface area contributed by atoms with Crippen molar-refractivity contribution in [3.8, 4) is 12.3 Å². The van der Waals surface area contributed by atoms with E-state index < -0.39 is 0 Å². The number of hydrogen-bond donors (Lipinski definition) is 0. The molecular weight excluding hydrogens is 391 g/mol. The Morgan fingerprint density at radius 1 is 1.47 bits per heavy atom. The van der Waals surface area contributed by atoms with Crippen LogP contribution in [0.2, 0.25) is 0 Å². The lowest BCUT2D eigenvalue weighted by atomic mass is 9.99. The van der Waals surface area contributed by atoms with Crippen LogP contribution in [0.15, 0.2) is 22.7 Å². The highest BCUT2D eigenvalue weighted by Gasteiger charge is 2.34. The minimum atomic E-state index is 0.0293. The number of halogens is 3. The van der Waals surface area contributed by atoms with Crippen molar-refractivity contribution < 1.29 is 4.74 Å². The van der Waals surface area contributed by atoms with E-state index in [1.165, 1.54) is 4.48 Å². The summed E-state index contributed by atoms with van der Waals surface area (Å²) in [5, 5.41) is 0.0293. The molecule has 0 N–H and O–H groups in total. The first-order valence-electron chi connectivity index (χ1n) is 6.47. The molecule has 106 valence electrons. The molecule has 19 heavy (non-hydrogen) atoms. The summed E-state index contributed by atoms with van der Waals surface area (Å²) in [5.41, 5.74) is 0. The fourth-order valence-corrected chi connectivity index (χ4v) is 3.48. The Labute approximate surface area is 138 Å². The van der Waals surface area contributed by atoms with Crippen LogP contribution in [0.4, 0.5) is 0 Å². The van der Waals surface area contributed by atoms with Crippen molar-refractivity contribution in [2.24, 2.45) is 0 Å². The zero-order valence-corrected chi connectivity index (χ0v) is 14.9. The lowest BCUT2D eigenvalue weighted by Gasteiger charge is -2.36. The monoisotopic (exact) mass is 408 g/mol. The van der Waals surface area contributed by atoms with Gasteiger partial charge in [-0.15, -0.1) is 18.0 Å². The third-order valence-electron chi connectivity index (χ3n) is 3.10. The van der Waals surface area contributed by atoms with Gasteiger partial charge in [-0.1, -0.05) is 56.9 Å². The number of rotatable bonds is 5. The second-order valence-corrected chi connectivity index (χ2v) is 7.28. The Hall–Kier alpha value is 0.250. The number of terminal acetylenes is 1. The van der Waals surface area contributed by atoms with E-state index in [1.807, 2.05) is 6.08 Å². The van der Waals surface area contributed by atoms with E-state index in [0.29, 0.717) is 4.83 Å². The summed E-state index contributed by atoms with van der Waals surface area (Å²) in [6.45, 7) is 2.12. The van der Waals surface area contributed by atoms with Crippen LogP contribution in [0.1, 0.15) is 32.6 Å². The molecule has 0 radical (unpaired) electrons. The van der Waals surface area contributed by atoms with E-state index in [9.17, 15) is 0 Å². The Morgan fingerprint density at radius 2 is 2.21 bits per heavy atom. The van der Waals surface area contributed by atoms with Gasteiger partial charge in [0, 0.05) is 4.83 Å². The van der Waals surface area contributed by atoms with E-state index in [1.54, 1.807) is 6.08 Å². The molecule has 1 rings (SSSR count). The average molecular weight is 411 g/mol. The summed E-state index contributed by atoms with van der Waals surface area (Å²) in [6.07, 6.45) is 14.8. The molecule has 0 aromatic rings. The normalized spacial score (nSPS) is 32.5. The van der Waals surface area contributed by atoms with Gasteiger partial charge < -0.3 is 4.74 Å². The zero-order chi connectivity index (χ0) is 14.3. The molecule has 1 aliphatic heterocycles. The second kappa shape index (κ2) is 9.23. The first kappa shape index (κ1) is 17.3. The third-order valence-corrected chi connectivity index (χ3v) is 5.41. The molecule has 1 nitrogen and oxygen atoms in total. The number of alkyl halides is 2. The fraction of sp³-hybridized carbons (Fsp3) is 0.600. The molecule has 1 saturated heterocycles. The minimum Gasteiger partial charge on any atom is -0.372 e. The molecule has 0 bridgehead atoms. The van der Waals surface area contributed by atoms with Crippen molar-refractivity contribution in [3.05, 3.63) is 22.7 Å². The molecule has 0 unspecified atom stereocenters. The highest BCUT2D eigenvalue weighted by atomic mass is 79.9. The van der Waals surface area contributed by atoms with Crippen molar-refractivity contribution in [1.29, 1.82) is 0 Å². The minimum absolute atomic E-state index is 0.0293. The van der Waals surface area contributed by atoms with Crippen molar-refractivity contribution >= 4 is 43.5 Å². The first-order valence-corrected chi connectivity index (χ1v) is 8.62. The first-order chi connectivity index (χ1) is 9.08. The standard InChI is InChI=1S/C15H19Br2ClO/c1-3-5-6-7-15-13(18)10-12(17)14(19-15)9-8-11(16)4-2/h1,5-6,8,12-15H,4,7,9-10H2,2H3/b6-5-,11-8+/t12-,13+,14-,15+/m1/s1. The Morgan fingerprint density at radius 3 is 2.84 bits per heavy atom. The highest BCUT2D eigenvalue weighted by Crippen LogP contribution is 2.33. The van der Waals surface area contributed by atoms with Gasteiger partial charge in [-0.05, 0) is 36.2 Å². The average Bonchev–Trinajstić information content (AvgIpc) is 2.39. The van der Waals surface area contributed by atoms with Crippen LogP contribution >= 0.6 is 43.5 Å². The molecular formula is C15H19Br2ClO. The molecule has 1 fully saturated rings. The van der Waals surface area contributed by atoms with E-state index in [-0.39, 0.29) is 17.6 Å². The lowest BCUT2D eigenvalue weighted by Crippen LogP contribution is -2.42. The molecule has 4 atom stereocenters. The van der Waals surface area contributed by atoms with E-state index >= 15 is 0 Å². The Kier molecular flexibility index (Phi) is 8.41. The van der Waals surface area contributed by atoms with Gasteiger partial charge in [-0.2, -0.15) is 0 Å². The summed E-state index contributed by atoms with van der Waals surface area (Å²) in [6, 6.07) is 0. The molecule has 0 amide bonds. The van der Waals surface area contributed by atoms with Crippen molar-refractivity contribution in [1.82, 2.24) is 0 Å². The van der Waals surface area contributed by atoms with Gasteiger partial charge in [-0.25, -0.2) is 0 Å². The van der Waals surface area contributed by atoms with Crippen LogP contribution in [0.25, 0.3) is 0 Å². The smallest absolute Gasteiger partial charge is 0.0778 e. The highest BCUT2D eigenvalue weighted by molar-refractivity contribution is 9.11. The van der Waals surface area contributed by atoms with Crippen LogP contribution in [0, 0.1) is 12.3 Å². The maximum Gasteiger partial charge on any atom is 0.0778 e. The maximum atomic E-state index is 6.35. The number of hydrogen-bond acceptors (Lipinski definition) is 1. The summed E-state index contributed by atoms with van der Waals surface area (Å²) in [4.78, 5) is 0.302. The van der Waals surface area contributed by atoms with Gasteiger partial charge >= 0.3 is 0 Å². The van der Waals surface area contributed by atoms with Crippen LogP contribution in [-0.4, -0.2) is 22.4 Å². The van der Waals surface area contributed by atoms with Gasteiger partial charge in [0.2, 0.25) is 0 Å². The zero-order valence-electron chi connectivity index (χ0n) is 11.0. The topological polar surface area (TPSA) is 9.23 Å². The second-order valence-electron chi connectivity index (χ2n) is 4.53. The molecule has 4 heteroatoms. The van der Waals surface area contributed by atoms with Crippen molar-refractivity contribution in [2.75, 3.05) is 0 Å². The van der Waals surface area contributed by atoms with Crippen LogP contribution < -0.4 is 0 Å². The quantitative estimate of drug-likeness (QED) is 0.449. The summed E-state index contributed by atoms with van der Waals surface area (Å²) in [5.74, 6) is 2.49. The van der Waals surface area contributed by atoms with Gasteiger partial charge in [0.1, 0.15) is 0 Å². The number of allylic oxidation sites excluding steroid dienone is 2. The largest absolute Gasteiger partial charge is 0.372 e. The molecule has 0 spiro atoms. The Balaban J connectivity index is 2.57. The van der Waals surface area contributed by atoms with Crippen molar-refractivity contribution in [2.45, 2.75) is 55.0 Å². The van der Waals surface area contributed by atoms with Crippen LogP contribution in [0.5, 0.6) is 0 Å². The molecule has 0 saturated carbocycles. The van der Waals surface area contributed by atoms with Crippen LogP contribution in [0.3, 0.4) is 0 Å². The summed E-state index contributed by atoms with van der Waals surface area (Å²) >= 11 is 13.6. The van der Waals surface area contributed by atoms with Gasteiger partial charge in [0.25, 0.3) is 0 Å². The summed E-state index contributed by atoms with van der Waals surface area (Å²) in [7, 11) is 0. The van der Waals surface area contributed by atoms with E-state index in [0.717, 1.165) is 25.7 Å². The molecule has 1 heterocycles. The van der Waals surface area contributed by atoms with E-state index in [2.05, 4.69) is 50.8 Å². The predicted octanol–water partition coefficient (Wildman–Crippen LogP) is 5.17. The van der Waals surface area contributed by atoms with Gasteiger partial charge in [0.05, 0.1) is 17.6 Å². The molecule has 0 aromatic heterocycles. The van der Waals surface area contributed by atoms with E-state index in [4.69, 9.17) is 22.8 Å².